The molecular formula is C20H26N2O2. The van der Waals surface area contributed by atoms with E-state index in [1.807, 2.05) is 30.3 Å². The number of nitrogens with one attached hydrogen (secondary N) is 1. The van der Waals surface area contributed by atoms with Crippen molar-refractivity contribution in [2.75, 3.05) is 19.8 Å². The van der Waals surface area contributed by atoms with E-state index in [0.29, 0.717) is 18.7 Å². The van der Waals surface area contributed by atoms with Gasteiger partial charge < -0.3 is 10.1 Å². The largest absolute Gasteiger partial charge is 0.381 e. The summed E-state index contributed by atoms with van der Waals surface area (Å²) in [5, 5.41) is 3.92. The van der Waals surface area contributed by atoms with Crippen molar-refractivity contribution < 1.29 is 9.53 Å². The Morgan fingerprint density at radius 3 is 2.88 bits per heavy atom. The lowest BCUT2D eigenvalue weighted by molar-refractivity contribution is 0.0939. The van der Waals surface area contributed by atoms with Crippen molar-refractivity contribution >= 4 is 16.8 Å². The zero-order chi connectivity index (χ0) is 16.9. The van der Waals surface area contributed by atoms with E-state index < -0.39 is 0 Å². The van der Waals surface area contributed by atoms with Gasteiger partial charge in [-0.3, -0.25) is 9.78 Å². The summed E-state index contributed by atoms with van der Waals surface area (Å²) in [6.07, 6.45) is 3.46. The highest BCUT2D eigenvalue weighted by Crippen LogP contribution is 2.28. The minimum absolute atomic E-state index is 0.0299. The van der Waals surface area contributed by atoms with E-state index in [-0.39, 0.29) is 11.8 Å². The quantitative estimate of drug-likeness (QED) is 0.748. The van der Waals surface area contributed by atoms with Gasteiger partial charge in [0.2, 0.25) is 0 Å². The van der Waals surface area contributed by atoms with Gasteiger partial charge >= 0.3 is 0 Å². The van der Waals surface area contributed by atoms with E-state index in [1.54, 1.807) is 0 Å². The molecule has 24 heavy (non-hydrogen) atoms. The standard InChI is InChI=1S/C20H26N2O2/c1-14(2)19-12-17(16-6-3-4-7-18(16)22-19)20(23)21-10-5-11-24-13-15-8-9-15/h3-4,6-7,12,14-15H,5,8-11,13H2,1-2H3,(H,21,23). The second-order valence-electron chi connectivity index (χ2n) is 6.89. The van der Waals surface area contributed by atoms with Crippen LogP contribution < -0.4 is 5.32 Å². The lowest BCUT2D eigenvalue weighted by Gasteiger charge is -2.12. The maximum absolute atomic E-state index is 12.6. The lowest BCUT2D eigenvalue weighted by atomic mass is 10.0. The van der Waals surface area contributed by atoms with Crippen molar-refractivity contribution in [1.82, 2.24) is 10.3 Å². The van der Waals surface area contributed by atoms with Gasteiger partial charge in [-0.2, -0.15) is 0 Å². The normalized spacial score (nSPS) is 14.3. The molecule has 0 unspecified atom stereocenters. The Morgan fingerprint density at radius 2 is 2.12 bits per heavy atom. The number of rotatable bonds is 8. The smallest absolute Gasteiger partial charge is 0.252 e. The van der Waals surface area contributed by atoms with Crippen LogP contribution in [0.1, 0.15) is 55.1 Å². The summed E-state index contributed by atoms with van der Waals surface area (Å²) in [6, 6.07) is 9.75. The molecule has 4 nitrogen and oxygen atoms in total. The van der Waals surface area contributed by atoms with Gasteiger partial charge in [0.1, 0.15) is 0 Å². The summed E-state index contributed by atoms with van der Waals surface area (Å²) in [6.45, 7) is 6.41. The van der Waals surface area contributed by atoms with Crippen LogP contribution in [0.25, 0.3) is 10.9 Å². The summed E-state index contributed by atoms with van der Waals surface area (Å²) in [4.78, 5) is 17.3. The topological polar surface area (TPSA) is 51.2 Å². The average molecular weight is 326 g/mol. The highest BCUT2D eigenvalue weighted by molar-refractivity contribution is 6.06. The monoisotopic (exact) mass is 326 g/mol. The van der Waals surface area contributed by atoms with E-state index >= 15 is 0 Å². The molecule has 128 valence electrons. The fourth-order valence-corrected chi connectivity index (χ4v) is 2.69. The average Bonchev–Trinajstić information content (AvgIpc) is 3.41. The van der Waals surface area contributed by atoms with Crippen molar-refractivity contribution in [3.8, 4) is 0 Å². The van der Waals surface area contributed by atoms with E-state index in [0.717, 1.165) is 35.5 Å². The molecule has 1 amide bonds. The Morgan fingerprint density at radius 1 is 1.33 bits per heavy atom. The van der Waals surface area contributed by atoms with E-state index in [9.17, 15) is 4.79 Å². The number of hydrogen-bond acceptors (Lipinski definition) is 3. The fraction of sp³-hybridized carbons (Fsp3) is 0.500. The molecule has 0 atom stereocenters. The van der Waals surface area contributed by atoms with Crippen LogP contribution in [0.4, 0.5) is 0 Å². The number of carbonyl (C=O) groups excluding carboxylic acids is 1. The zero-order valence-electron chi connectivity index (χ0n) is 14.5. The Bertz CT molecular complexity index is 708. The molecule has 1 N–H and O–H groups in total. The summed E-state index contributed by atoms with van der Waals surface area (Å²) in [5.41, 5.74) is 2.54. The fourth-order valence-electron chi connectivity index (χ4n) is 2.69. The summed E-state index contributed by atoms with van der Waals surface area (Å²) in [7, 11) is 0. The van der Waals surface area contributed by atoms with Gasteiger partial charge in [-0.05, 0) is 43.2 Å². The predicted octanol–water partition coefficient (Wildman–Crippen LogP) is 3.90. The number of hydrogen-bond donors (Lipinski definition) is 1. The molecule has 1 fully saturated rings. The van der Waals surface area contributed by atoms with E-state index in [4.69, 9.17) is 4.74 Å². The Kier molecular flexibility index (Phi) is 5.46. The third kappa shape index (κ3) is 4.32. The first kappa shape index (κ1) is 16.9. The third-order valence-corrected chi connectivity index (χ3v) is 4.37. The first-order chi connectivity index (χ1) is 11.6. The maximum atomic E-state index is 12.6. The van der Waals surface area contributed by atoms with Crippen LogP contribution in [0.3, 0.4) is 0 Å². The maximum Gasteiger partial charge on any atom is 0.252 e. The van der Waals surface area contributed by atoms with Crippen molar-refractivity contribution in [2.24, 2.45) is 5.92 Å². The van der Waals surface area contributed by atoms with Crippen molar-refractivity contribution in [1.29, 1.82) is 0 Å². The number of ether oxygens (including phenoxy) is 1. The van der Waals surface area contributed by atoms with Gasteiger partial charge in [-0.25, -0.2) is 0 Å². The molecular weight excluding hydrogens is 300 g/mol. The zero-order valence-corrected chi connectivity index (χ0v) is 14.5. The summed E-state index contributed by atoms with van der Waals surface area (Å²) >= 11 is 0. The third-order valence-electron chi connectivity index (χ3n) is 4.37. The molecule has 2 aromatic rings. The number of aromatic nitrogens is 1. The molecule has 0 aliphatic heterocycles. The van der Waals surface area contributed by atoms with Gasteiger partial charge in [-0.15, -0.1) is 0 Å². The molecule has 0 spiro atoms. The number of carbonyl (C=O) groups is 1. The molecule has 1 aliphatic rings. The van der Waals surface area contributed by atoms with Gasteiger partial charge in [0.05, 0.1) is 11.1 Å². The molecule has 1 heterocycles. The molecule has 0 bridgehead atoms. The second-order valence-corrected chi connectivity index (χ2v) is 6.89. The molecule has 1 aromatic heterocycles. The van der Waals surface area contributed by atoms with Crippen molar-refractivity contribution in [3.63, 3.8) is 0 Å². The molecule has 1 saturated carbocycles. The molecule has 0 radical (unpaired) electrons. The van der Waals surface area contributed by atoms with Crippen LogP contribution in [0.15, 0.2) is 30.3 Å². The van der Waals surface area contributed by atoms with Crippen molar-refractivity contribution in [3.05, 3.63) is 41.6 Å². The number of benzene rings is 1. The van der Waals surface area contributed by atoms with E-state index in [2.05, 4.69) is 24.1 Å². The van der Waals surface area contributed by atoms with Crippen LogP contribution in [0, 0.1) is 5.92 Å². The Hall–Kier alpha value is -1.94. The first-order valence-corrected chi connectivity index (χ1v) is 8.91. The van der Waals surface area contributed by atoms with Crippen LogP contribution in [0.2, 0.25) is 0 Å². The SMILES string of the molecule is CC(C)c1cc(C(=O)NCCCOCC2CC2)c2ccccc2n1. The Labute approximate surface area is 143 Å². The highest BCUT2D eigenvalue weighted by atomic mass is 16.5. The van der Waals surface area contributed by atoms with Crippen LogP contribution >= 0.6 is 0 Å². The molecule has 1 aliphatic carbocycles. The highest BCUT2D eigenvalue weighted by Gasteiger charge is 2.20. The van der Waals surface area contributed by atoms with Crippen LogP contribution in [-0.2, 0) is 4.74 Å². The number of amides is 1. The molecule has 1 aromatic carbocycles. The molecule has 3 rings (SSSR count). The minimum atomic E-state index is -0.0299. The predicted molar refractivity (Wildman–Crippen MR) is 96.3 cm³/mol. The van der Waals surface area contributed by atoms with Gasteiger partial charge in [0.25, 0.3) is 5.91 Å². The summed E-state index contributed by atoms with van der Waals surface area (Å²) < 4.78 is 5.60. The van der Waals surface area contributed by atoms with Crippen LogP contribution in [0.5, 0.6) is 0 Å². The van der Waals surface area contributed by atoms with Gasteiger partial charge in [-0.1, -0.05) is 32.0 Å². The molecule has 4 heteroatoms. The lowest BCUT2D eigenvalue weighted by Crippen LogP contribution is -2.26. The number of nitrogens with zero attached hydrogens (tertiary/aromatic N) is 1. The summed E-state index contributed by atoms with van der Waals surface area (Å²) in [5.74, 6) is 1.05. The Balaban J connectivity index is 1.62. The number of pyridine rings is 1. The van der Waals surface area contributed by atoms with Crippen LogP contribution in [-0.4, -0.2) is 30.6 Å². The minimum Gasteiger partial charge on any atom is -0.381 e. The first-order valence-electron chi connectivity index (χ1n) is 8.91. The van der Waals surface area contributed by atoms with E-state index in [1.165, 1.54) is 12.8 Å². The van der Waals surface area contributed by atoms with Gasteiger partial charge in [0, 0.05) is 30.8 Å². The molecule has 0 saturated heterocycles. The second kappa shape index (κ2) is 7.75. The number of fused-ring (bicyclic) bond motifs is 1. The van der Waals surface area contributed by atoms with Gasteiger partial charge in [0.15, 0.2) is 0 Å². The van der Waals surface area contributed by atoms with Crippen molar-refractivity contribution in [2.45, 2.75) is 39.0 Å². The number of para-hydroxylation sites is 1.